The van der Waals surface area contributed by atoms with Gasteiger partial charge in [0.25, 0.3) is 5.91 Å². The molecule has 3 nitrogen and oxygen atoms in total. The van der Waals surface area contributed by atoms with Gasteiger partial charge < -0.3 is 10.2 Å². The number of nitrogens with one attached hydrogen (secondary N) is 1. The summed E-state index contributed by atoms with van der Waals surface area (Å²) >= 11 is 0. The van der Waals surface area contributed by atoms with Gasteiger partial charge in [-0.3, -0.25) is 4.79 Å². The normalized spacial score (nSPS) is 20.4. The highest BCUT2D eigenvalue weighted by molar-refractivity contribution is 5.94. The summed E-state index contributed by atoms with van der Waals surface area (Å²) in [4.78, 5) is 13.9. The monoisotopic (exact) mass is 236 g/mol. The molecular weight excluding hydrogens is 219 g/mol. The van der Waals surface area contributed by atoms with Crippen LogP contribution in [0.2, 0.25) is 0 Å². The maximum absolute atomic E-state index is 13.7. The van der Waals surface area contributed by atoms with Gasteiger partial charge in [-0.2, -0.15) is 0 Å². The Morgan fingerprint density at radius 1 is 1.53 bits per heavy atom. The van der Waals surface area contributed by atoms with E-state index in [0.29, 0.717) is 6.54 Å². The summed E-state index contributed by atoms with van der Waals surface area (Å²) in [5.41, 5.74) is 0.997. The van der Waals surface area contributed by atoms with Crippen molar-refractivity contribution < 1.29 is 9.18 Å². The van der Waals surface area contributed by atoms with E-state index in [2.05, 4.69) is 5.32 Å². The van der Waals surface area contributed by atoms with Crippen molar-refractivity contribution in [2.24, 2.45) is 0 Å². The Labute approximate surface area is 101 Å². The van der Waals surface area contributed by atoms with Gasteiger partial charge in [-0.1, -0.05) is 6.07 Å². The zero-order valence-corrected chi connectivity index (χ0v) is 10.2. The zero-order chi connectivity index (χ0) is 12.4. The third-order valence-electron chi connectivity index (χ3n) is 3.12. The molecule has 0 unspecified atom stereocenters. The Bertz CT molecular complexity index is 433. The van der Waals surface area contributed by atoms with Crippen molar-refractivity contribution in [2.45, 2.75) is 19.9 Å². The Morgan fingerprint density at radius 2 is 2.29 bits per heavy atom. The van der Waals surface area contributed by atoms with Crippen molar-refractivity contribution in [3.05, 3.63) is 35.1 Å². The molecule has 0 aliphatic carbocycles. The van der Waals surface area contributed by atoms with E-state index >= 15 is 0 Å². The van der Waals surface area contributed by atoms with Crippen LogP contribution in [0.5, 0.6) is 0 Å². The quantitative estimate of drug-likeness (QED) is 0.802. The molecule has 4 heteroatoms. The molecule has 1 aromatic rings. The van der Waals surface area contributed by atoms with Crippen LogP contribution in [0.3, 0.4) is 0 Å². The number of carbonyl (C=O) groups excluding carboxylic acids is 1. The molecule has 17 heavy (non-hydrogen) atoms. The maximum Gasteiger partial charge on any atom is 0.257 e. The fourth-order valence-corrected chi connectivity index (χ4v) is 2.09. The average Bonchev–Trinajstić information content (AvgIpc) is 2.29. The summed E-state index contributed by atoms with van der Waals surface area (Å²) < 4.78 is 13.7. The molecule has 0 spiro atoms. The summed E-state index contributed by atoms with van der Waals surface area (Å²) in [5, 5.41) is 3.21. The van der Waals surface area contributed by atoms with Crippen molar-refractivity contribution in [1.82, 2.24) is 10.2 Å². The molecule has 1 amide bonds. The Kier molecular flexibility index (Phi) is 3.43. The van der Waals surface area contributed by atoms with E-state index in [1.165, 1.54) is 6.07 Å². The Morgan fingerprint density at radius 3 is 2.94 bits per heavy atom. The summed E-state index contributed by atoms with van der Waals surface area (Å²) in [6, 6.07) is 4.85. The summed E-state index contributed by atoms with van der Waals surface area (Å²) in [7, 11) is 0. The number of halogens is 1. The molecule has 0 saturated carbocycles. The standard InChI is InChI=1S/C13H17FN2O/c1-9-3-4-11(12(14)7-9)13(17)16-6-5-15-8-10(16)2/h3-4,7,10,15H,5-6,8H2,1-2H3/t10-/m1/s1. The SMILES string of the molecule is Cc1ccc(C(=O)N2CCNC[C@H]2C)c(F)c1. The van der Waals surface area contributed by atoms with Gasteiger partial charge in [0.2, 0.25) is 0 Å². The third kappa shape index (κ3) is 2.47. The van der Waals surface area contributed by atoms with E-state index in [1.807, 2.05) is 13.8 Å². The molecular formula is C13H17FN2O. The van der Waals surface area contributed by atoms with E-state index in [0.717, 1.165) is 18.7 Å². The zero-order valence-electron chi connectivity index (χ0n) is 10.2. The van der Waals surface area contributed by atoms with Crippen LogP contribution >= 0.6 is 0 Å². The van der Waals surface area contributed by atoms with Gasteiger partial charge >= 0.3 is 0 Å². The second kappa shape index (κ2) is 4.84. The van der Waals surface area contributed by atoms with Gasteiger partial charge in [0, 0.05) is 25.7 Å². The van der Waals surface area contributed by atoms with E-state index < -0.39 is 5.82 Å². The van der Waals surface area contributed by atoms with Gasteiger partial charge in [-0.15, -0.1) is 0 Å². The molecule has 1 aromatic carbocycles. The van der Waals surface area contributed by atoms with Gasteiger partial charge in [0.1, 0.15) is 5.82 Å². The minimum absolute atomic E-state index is 0.108. The van der Waals surface area contributed by atoms with Crippen LogP contribution in [0.4, 0.5) is 4.39 Å². The molecule has 1 N–H and O–H groups in total. The number of hydrogen-bond acceptors (Lipinski definition) is 2. The van der Waals surface area contributed by atoms with Crippen LogP contribution in [0, 0.1) is 12.7 Å². The smallest absolute Gasteiger partial charge is 0.257 e. The van der Waals surface area contributed by atoms with Crippen molar-refractivity contribution in [1.29, 1.82) is 0 Å². The lowest BCUT2D eigenvalue weighted by molar-refractivity contribution is 0.0651. The van der Waals surface area contributed by atoms with Crippen molar-refractivity contribution in [2.75, 3.05) is 19.6 Å². The van der Waals surface area contributed by atoms with Crippen molar-refractivity contribution in [3.63, 3.8) is 0 Å². The molecule has 1 fully saturated rings. The minimum Gasteiger partial charge on any atom is -0.333 e. The van der Waals surface area contributed by atoms with E-state index in [9.17, 15) is 9.18 Å². The second-order valence-corrected chi connectivity index (χ2v) is 4.53. The first-order valence-corrected chi connectivity index (χ1v) is 5.87. The first-order valence-electron chi connectivity index (χ1n) is 5.87. The summed E-state index contributed by atoms with van der Waals surface area (Å²) in [5.74, 6) is -0.641. The maximum atomic E-state index is 13.7. The summed E-state index contributed by atoms with van der Waals surface area (Å²) in [6.45, 7) is 5.94. The largest absolute Gasteiger partial charge is 0.333 e. The minimum atomic E-state index is -0.430. The highest BCUT2D eigenvalue weighted by atomic mass is 19.1. The molecule has 0 aromatic heterocycles. The molecule has 1 atom stereocenters. The lowest BCUT2D eigenvalue weighted by Crippen LogP contribution is -2.52. The first-order chi connectivity index (χ1) is 8.09. The van der Waals surface area contributed by atoms with Gasteiger partial charge in [-0.05, 0) is 31.5 Å². The fraction of sp³-hybridized carbons (Fsp3) is 0.462. The molecule has 1 saturated heterocycles. The van der Waals surface area contributed by atoms with Crippen LogP contribution < -0.4 is 5.32 Å². The van der Waals surface area contributed by atoms with Gasteiger partial charge in [-0.25, -0.2) is 4.39 Å². The Balaban J connectivity index is 2.24. The van der Waals surface area contributed by atoms with E-state index in [1.54, 1.807) is 17.0 Å². The number of hydrogen-bond donors (Lipinski definition) is 1. The molecule has 1 heterocycles. The molecule has 0 radical (unpaired) electrons. The van der Waals surface area contributed by atoms with Crippen LogP contribution in [0.25, 0.3) is 0 Å². The van der Waals surface area contributed by atoms with E-state index in [4.69, 9.17) is 0 Å². The number of benzene rings is 1. The number of carbonyl (C=O) groups is 1. The van der Waals surface area contributed by atoms with Crippen molar-refractivity contribution in [3.8, 4) is 0 Å². The average molecular weight is 236 g/mol. The first kappa shape index (κ1) is 12.0. The number of aryl methyl sites for hydroxylation is 1. The molecule has 92 valence electrons. The number of rotatable bonds is 1. The molecule has 1 aliphatic rings. The predicted molar refractivity (Wildman–Crippen MR) is 64.5 cm³/mol. The lowest BCUT2D eigenvalue weighted by Gasteiger charge is -2.34. The van der Waals surface area contributed by atoms with Crippen LogP contribution in [-0.4, -0.2) is 36.5 Å². The number of piperazine rings is 1. The van der Waals surface area contributed by atoms with Crippen LogP contribution in [-0.2, 0) is 0 Å². The second-order valence-electron chi connectivity index (χ2n) is 4.53. The molecule has 0 bridgehead atoms. The predicted octanol–water partition coefficient (Wildman–Crippen LogP) is 1.57. The molecule has 2 rings (SSSR count). The Hall–Kier alpha value is -1.42. The number of nitrogens with zero attached hydrogens (tertiary/aromatic N) is 1. The van der Waals surface area contributed by atoms with Gasteiger partial charge in [0.05, 0.1) is 5.56 Å². The van der Waals surface area contributed by atoms with Gasteiger partial charge in [0.15, 0.2) is 0 Å². The van der Waals surface area contributed by atoms with Crippen molar-refractivity contribution >= 4 is 5.91 Å². The fourth-order valence-electron chi connectivity index (χ4n) is 2.09. The highest BCUT2D eigenvalue weighted by Gasteiger charge is 2.25. The molecule has 1 aliphatic heterocycles. The van der Waals surface area contributed by atoms with E-state index in [-0.39, 0.29) is 17.5 Å². The van der Waals surface area contributed by atoms with Crippen LogP contribution in [0.15, 0.2) is 18.2 Å². The number of amides is 1. The topological polar surface area (TPSA) is 32.3 Å². The summed E-state index contributed by atoms with van der Waals surface area (Å²) in [6.07, 6.45) is 0. The third-order valence-corrected chi connectivity index (χ3v) is 3.12. The lowest BCUT2D eigenvalue weighted by atomic mass is 10.1. The van der Waals surface area contributed by atoms with Crippen LogP contribution in [0.1, 0.15) is 22.8 Å². The highest BCUT2D eigenvalue weighted by Crippen LogP contribution is 2.15.